The van der Waals surface area contributed by atoms with Crippen molar-refractivity contribution in [1.82, 2.24) is 10.3 Å². The number of nitro groups is 1. The van der Waals surface area contributed by atoms with Crippen molar-refractivity contribution in [3.05, 3.63) is 70.0 Å². The highest BCUT2D eigenvalue weighted by Crippen LogP contribution is 2.26. The Labute approximate surface area is 117 Å². The van der Waals surface area contributed by atoms with Crippen molar-refractivity contribution in [2.45, 2.75) is 25.9 Å². The second-order valence-corrected chi connectivity index (χ2v) is 4.71. The van der Waals surface area contributed by atoms with E-state index in [4.69, 9.17) is 0 Å². The van der Waals surface area contributed by atoms with Gasteiger partial charge in [0.15, 0.2) is 0 Å². The summed E-state index contributed by atoms with van der Waals surface area (Å²) < 4.78 is 0. The summed E-state index contributed by atoms with van der Waals surface area (Å²) in [4.78, 5) is 14.8. The van der Waals surface area contributed by atoms with Gasteiger partial charge in [0.05, 0.1) is 4.92 Å². The molecule has 20 heavy (non-hydrogen) atoms. The summed E-state index contributed by atoms with van der Waals surface area (Å²) in [5, 5.41) is 14.4. The first-order chi connectivity index (χ1) is 9.59. The zero-order valence-electron chi connectivity index (χ0n) is 11.5. The van der Waals surface area contributed by atoms with E-state index in [1.807, 2.05) is 32.0 Å². The molecule has 0 saturated heterocycles. The monoisotopic (exact) mass is 271 g/mol. The fourth-order valence-electron chi connectivity index (χ4n) is 2.21. The molecule has 2 rings (SSSR count). The van der Waals surface area contributed by atoms with Crippen LogP contribution in [0, 0.1) is 10.1 Å². The van der Waals surface area contributed by atoms with E-state index < -0.39 is 0 Å². The lowest BCUT2D eigenvalue weighted by atomic mass is 10.0. The lowest BCUT2D eigenvalue weighted by Gasteiger charge is -2.20. The molecule has 0 spiro atoms. The molecule has 2 atom stereocenters. The molecule has 0 fully saturated rings. The van der Waals surface area contributed by atoms with Gasteiger partial charge in [-0.2, -0.15) is 0 Å². The Morgan fingerprint density at radius 1 is 1.15 bits per heavy atom. The van der Waals surface area contributed by atoms with E-state index in [1.54, 1.807) is 24.5 Å². The minimum absolute atomic E-state index is 0.0681. The van der Waals surface area contributed by atoms with Crippen molar-refractivity contribution in [2.75, 3.05) is 0 Å². The Morgan fingerprint density at radius 3 is 2.55 bits per heavy atom. The third-order valence-corrected chi connectivity index (χ3v) is 3.28. The molecule has 5 heteroatoms. The second kappa shape index (κ2) is 6.25. The molecule has 104 valence electrons. The number of rotatable bonds is 5. The van der Waals surface area contributed by atoms with Crippen LogP contribution in [0.3, 0.4) is 0 Å². The van der Waals surface area contributed by atoms with Gasteiger partial charge in [0, 0.05) is 36.1 Å². The molecule has 5 nitrogen and oxygen atoms in total. The van der Waals surface area contributed by atoms with Gasteiger partial charge in [0.2, 0.25) is 0 Å². The summed E-state index contributed by atoms with van der Waals surface area (Å²) in [7, 11) is 0. The Hall–Kier alpha value is -2.27. The molecule has 0 amide bonds. The van der Waals surface area contributed by atoms with Crippen LogP contribution >= 0.6 is 0 Å². The van der Waals surface area contributed by atoms with Crippen LogP contribution in [0.2, 0.25) is 0 Å². The predicted octanol–water partition coefficient (Wildman–Crippen LogP) is 3.40. The Kier molecular flexibility index (Phi) is 4.42. The number of benzene rings is 1. The van der Waals surface area contributed by atoms with Gasteiger partial charge in [-0.25, -0.2) is 0 Å². The minimum atomic E-state index is -0.345. The first kappa shape index (κ1) is 14.1. The molecule has 1 aromatic carbocycles. The van der Waals surface area contributed by atoms with Crippen LogP contribution < -0.4 is 5.32 Å². The van der Waals surface area contributed by atoms with Crippen LogP contribution in [0.4, 0.5) is 5.69 Å². The van der Waals surface area contributed by atoms with E-state index in [0.29, 0.717) is 5.56 Å². The molecule has 0 saturated carbocycles. The average Bonchev–Trinajstić information content (AvgIpc) is 2.48. The van der Waals surface area contributed by atoms with E-state index in [2.05, 4.69) is 10.3 Å². The molecule has 0 aliphatic heterocycles. The van der Waals surface area contributed by atoms with E-state index in [0.717, 1.165) is 5.56 Å². The Morgan fingerprint density at radius 2 is 1.90 bits per heavy atom. The summed E-state index contributed by atoms with van der Waals surface area (Å²) in [6.45, 7) is 3.94. The van der Waals surface area contributed by atoms with Crippen molar-refractivity contribution in [3.8, 4) is 0 Å². The smallest absolute Gasteiger partial charge is 0.274 e. The number of nitro benzene ring substituents is 1. The van der Waals surface area contributed by atoms with E-state index in [9.17, 15) is 10.1 Å². The highest BCUT2D eigenvalue weighted by Gasteiger charge is 2.19. The molecule has 2 aromatic rings. The zero-order valence-corrected chi connectivity index (χ0v) is 11.5. The molecular weight excluding hydrogens is 254 g/mol. The Balaban J connectivity index is 2.16. The number of pyridine rings is 1. The number of nitrogens with one attached hydrogen (secondary N) is 1. The quantitative estimate of drug-likeness (QED) is 0.668. The predicted molar refractivity (Wildman–Crippen MR) is 77.3 cm³/mol. The number of hydrogen-bond donors (Lipinski definition) is 1. The third kappa shape index (κ3) is 3.19. The van der Waals surface area contributed by atoms with Gasteiger partial charge in [-0.05, 0) is 25.5 Å². The third-order valence-electron chi connectivity index (χ3n) is 3.28. The Bertz CT molecular complexity index is 587. The molecular formula is C15H17N3O2. The van der Waals surface area contributed by atoms with Crippen LogP contribution in [0.25, 0.3) is 0 Å². The van der Waals surface area contributed by atoms with Crippen molar-refractivity contribution < 1.29 is 4.92 Å². The second-order valence-electron chi connectivity index (χ2n) is 4.71. The number of para-hydroxylation sites is 1. The van der Waals surface area contributed by atoms with Gasteiger partial charge in [-0.1, -0.05) is 24.3 Å². The SMILES string of the molecule is CC(N[C@@H](C)c1cccnc1)c1ccccc1[N+](=O)[O-]. The lowest BCUT2D eigenvalue weighted by molar-refractivity contribution is -0.385. The summed E-state index contributed by atoms with van der Waals surface area (Å²) >= 11 is 0. The van der Waals surface area contributed by atoms with E-state index in [-0.39, 0.29) is 22.7 Å². The molecule has 1 unspecified atom stereocenters. The maximum atomic E-state index is 11.0. The van der Waals surface area contributed by atoms with Gasteiger partial charge in [-0.3, -0.25) is 15.1 Å². The van der Waals surface area contributed by atoms with Crippen LogP contribution in [0.1, 0.15) is 37.1 Å². The molecule has 1 aromatic heterocycles. The molecule has 0 aliphatic rings. The summed E-state index contributed by atoms with van der Waals surface area (Å²) in [5.41, 5.74) is 1.89. The van der Waals surface area contributed by atoms with Crippen molar-refractivity contribution in [3.63, 3.8) is 0 Å². The highest BCUT2D eigenvalue weighted by molar-refractivity contribution is 5.41. The summed E-state index contributed by atoms with van der Waals surface area (Å²) in [6.07, 6.45) is 3.52. The number of nitrogens with zero attached hydrogens (tertiary/aromatic N) is 2. The first-order valence-corrected chi connectivity index (χ1v) is 6.49. The van der Waals surface area contributed by atoms with Gasteiger partial charge >= 0.3 is 0 Å². The summed E-state index contributed by atoms with van der Waals surface area (Å²) in [6, 6.07) is 10.6. The van der Waals surface area contributed by atoms with Gasteiger partial charge < -0.3 is 5.32 Å². The topological polar surface area (TPSA) is 68.1 Å². The van der Waals surface area contributed by atoms with Crippen LogP contribution in [0.15, 0.2) is 48.8 Å². The lowest BCUT2D eigenvalue weighted by Crippen LogP contribution is -2.23. The van der Waals surface area contributed by atoms with Gasteiger partial charge in [0.25, 0.3) is 5.69 Å². The van der Waals surface area contributed by atoms with Crippen molar-refractivity contribution in [2.24, 2.45) is 0 Å². The number of aromatic nitrogens is 1. The van der Waals surface area contributed by atoms with E-state index >= 15 is 0 Å². The van der Waals surface area contributed by atoms with Crippen molar-refractivity contribution >= 4 is 5.69 Å². The summed E-state index contributed by atoms with van der Waals surface area (Å²) in [5.74, 6) is 0. The van der Waals surface area contributed by atoms with Crippen LogP contribution in [0.5, 0.6) is 0 Å². The fraction of sp³-hybridized carbons (Fsp3) is 0.267. The standard InChI is InChI=1S/C15H17N3O2/c1-11(13-6-5-9-16-10-13)17-12(2)14-7-3-4-8-15(14)18(19)20/h3-12,17H,1-2H3/t11-,12?/m0/s1. The normalized spacial score (nSPS) is 13.7. The van der Waals surface area contributed by atoms with E-state index in [1.165, 1.54) is 6.07 Å². The highest BCUT2D eigenvalue weighted by atomic mass is 16.6. The molecule has 1 N–H and O–H groups in total. The zero-order chi connectivity index (χ0) is 14.5. The molecule has 1 heterocycles. The number of hydrogen-bond acceptors (Lipinski definition) is 4. The largest absolute Gasteiger partial charge is 0.303 e. The minimum Gasteiger partial charge on any atom is -0.303 e. The fourth-order valence-corrected chi connectivity index (χ4v) is 2.21. The van der Waals surface area contributed by atoms with Crippen LogP contribution in [-0.2, 0) is 0 Å². The molecule has 0 aliphatic carbocycles. The van der Waals surface area contributed by atoms with Crippen molar-refractivity contribution in [1.29, 1.82) is 0 Å². The maximum absolute atomic E-state index is 11.0. The first-order valence-electron chi connectivity index (χ1n) is 6.49. The average molecular weight is 271 g/mol. The van der Waals surface area contributed by atoms with Gasteiger partial charge in [0.1, 0.15) is 0 Å². The maximum Gasteiger partial charge on any atom is 0.274 e. The molecule has 0 radical (unpaired) electrons. The van der Waals surface area contributed by atoms with Gasteiger partial charge in [-0.15, -0.1) is 0 Å². The molecule has 0 bridgehead atoms. The van der Waals surface area contributed by atoms with Crippen LogP contribution in [-0.4, -0.2) is 9.91 Å².